The van der Waals surface area contributed by atoms with Crippen molar-refractivity contribution in [2.75, 3.05) is 12.4 Å². The van der Waals surface area contributed by atoms with Crippen molar-refractivity contribution in [1.82, 2.24) is 0 Å². The number of carbonyl (C=O) groups is 1. The van der Waals surface area contributed by atoms with Crippen molar-refractivity contribution < 1.29 is 28.7 Å². The van der Waals surface area contributed by atoms with Crippen molar-refractivity contribution in [3.05, 3.63) is 17.9 Å². The van der Waals surface area contributed by atoms with Gasteiger partial charge in [-0.05, 0) is 26.8 Å². The average Bonchev–Trinajstić information content (AvgIpc) is 2.28. The highest BCUT2D eigenvalue weighted by atomic mass is 19.1. The molecule has 0 spiro atoms. The summed E-state index contributed by atoms with van der Waals surface area (Å²) >= 11 is 0. The number of benzene rings is 1. The van der Waals surface area contributed by atoms with Crippen LogP contribution in [0.5, 0.6) is 5.75 Å². The van der Waals surface area contributed by atoms with Crippen LogP contribution in [0.4, 0.5) is 14.9 Å². The molecule has 6 nitrogen and oxygen atoms in total. The van der Waals surface area contributed by atoms with Crippen molar-refractivity contribution in [2.24, 2.45) is 0 Å². The first-order valence-electron chi connectivity index (χ1n) is 5.87. The summed E-state index contributed by atoms with van der Waals surface area (Å²) in [6.45, 7) is 5.00. The van der Waals surface area contributed by atoms with Crippen molar-refractivity contribution in [2.45, 2.75) is 26.4 Å². The van der Waals surface area contributed by atoms with Crippen molar-refractivity contribution in [1.29, 1.82) is 0 Å². The minimum Gasteiger partial charge on any atom is -0.497 e. The summed E-state index contributed by atoms with van der Waals surface area (Å²) in [5.41, 5.74) is -1.03. The third-order valence-electron chi connectivity index (χ3n) is 2.23. The number of nitrogens with one attached hydrogen (secondary N) is 1. The first kappa shape index (κ1) is 16.3. The number of ether oxygens (including phenoxy) is 2. The minimum atomic E-state index is -1.86. The molecule has 1 amide bonds. The predicted molar refractivity (Wildman–Crippen MR) is 72.6 cm³/mol. The van der Waals surface area contributed by atoms with E-state index >= 15 is 0 Å². The monoisotopic (exact) mass is 285 g/mol. The molecule has 1 aromatic carbocycles. The largest absolute Gasteiger partial charge is 0.497 e. The highest BCUT2D eigenvalue weighted by Gasteiger charge is 2.22. The third-order valence-corrected chi connectivity index (χ3v) is 2.23. The van der Waals surface area contributed by atoms with Crippen LogP contribution in [0.3, 0.4) is 0 Å². The second-order valence-corrected chi connectivity index (χ2v) is 5.07. The Morgan fingerprint density at radius 3 is 2.40 bits per heavy atom. The molecule has 8 heteroatoms. The van der Waals surface area contributed by atoms with Crippen LogP contribution in [0.1, 0.15) is 20.8 Å². The van der Waals surface area contributed by atoms with Gasteiger partial charge >= 0.3 is 13.2 Å². The number of hydrogen-bond donors (Lipinski definition) is 3. The van der Waals surface area contributed by atoms with Gasteiger partial charge in [-0.1, -0.05) is 0 Å². The second-order valence-electron chi connectivity index (χ2n) is 5.07. The maximum atomic E-state index is 13.8. The van der Waals surface area contributed by atoms with Gasteiger partial charge in [-0.2, -0.15) is 0 Å². The van der Waals surface area contributed by atoms with Crippen LogP contribution >= 0.6 is 0 Å². The summed E-state index contributed by atoms with van der Waals surface area (Å²) in [7, 11) is -0.591. The molecule has 0 atom stereocenters. The number of amides is 1. The van der Waals surface area contributed by atoms with E-state index in [1.54, 1.807) is 20.8 Å². The summed E-state index contributed by atoms with van der Waals surface area (Å²) in [5.74, 6) is -0.815. The summed E-state index contributed by atoms with van der Waals surface area (Å²) < 4.78 is 23.6. The molecule has 1 aromatic rings. The third kappa shape index (κ3) is 4.39. The van der Waals surface area contributed by atoms with Gasteiger partial charge in [0, 0.05) is 11.5 Å². The molecule has 0 saturated heterocycles. The average molecular weight is 285 g/mol. The number of halogens is 1. The Balaban J connectivity index is 3.01. The molecular formula is C12H17BFNO5. The van der Waals surface area contributed by atoms with Crippen molar-refractivity contribution >= 4 is 24.4 Å². The molecule has 0 aliphatic rings. The van der Waals surface area contributed by atoms with Gasteiger partial charge in [0.15, 0.2) is 0 Å². The SMILES string of the molecule is COc1cc(F)c(NC(=O)OC(C)(C)C)cc1B(O)O. The van der Waals surface area contributed by atoms with Gasteiger partial charge in [-0.3, -0.25) is 5.32 Å². The molecule has 0 aliphatic carbocycles. The Morgan fingerprint density at radius 2 is 1.95 bits per heavy atom. The van der Waals surface area contributed by atoms with E-state index in [0.717, 1.165) is 12.1 Å². The van der Waals surface area contributed by atoms with Crippen LogP contribution in [-0.2, 0) is 4.74 Å². The number of rotatable bonds is 3. The number of anilines is 1. The van der Waals surface area contributed by atoms with E-state index in [0.29, 0.717) is 0 Å². The van der Waals surface area contributed by atoms with E-state index < -0.39 is 24.6 Å². The molecule has 0 bridgehead atoms. The maximum absolute atomic E-state index is 13.8. The smallest absolute Gasteiger partial charge is 0.492 e. The molecule has 0 saturated carbocycles. The van der Waals surface area contributed by atoms with Gasteiger partial charge in [-0.15, -0.1) is 0 Å². The molecule has 0 fully saturated rings. The predicted octanol–water partition coefficient (Wildman–Crippen LogP) is 0.861. The quantitative estimate of drug-likeness (QED) is 0.717. The fourth-order valence-corrected chi connectivity index (χ4v) is 1.46. The van der Waals surface area contributed by atoms with Crippen LogP contribution in [0.15, 0.2) is 12.1 Å². The number of methoxy groups -OCH3 is 1. The molecule has 0 aliphatic heterocycles. The summed E-state index contributed by atoms with van der Waals surface area (Å²) in [6.07, 6.45) is -0.847. The highest BCUT2D eigenvalue weighted by molar-refractivity contribution is 6.59. The maximum Gasteiger partial charge on any atom is 0.492 e. The zero-order valence-corrected chi connectivity index (χ0v) is 11.7. The second kappa shape index (κ2) is 6.10. The Hall–Kier alpha value is -1.80. The lowest BCUT2D eigenvalue weighted by atomic mass is 9.79. The summed E-state index contributed by atoms with van der Waals surface area (Å²) in [5, 5.41) is 20.6. The Labute approximate surface area is 116 Å². The van der Waals surface area contributed by atoms with E-state index in [4.69, 9.17) is 9.47 Å². The van der Waals surface area contributed by atoms with Gasteiger partial charge in [0.2, 0.25) is 0 Å². The zero-order valence-electron chi connectivity index (χ0n) is 11.7. The lowest BCUT2D eigenvalue weighted by Crippen LogP contribution is -2.33. The van der Waals surface area contributed by atoms with Crippen LogP contribution in [0.25, 0.3) is 0 Å². The molecule has 0 aromatic heterocycles. The summed E-state index contributed by atoms with van der Waals surface area (Å²) in [4.78, 5) is 11.6. The Morgan fingerprint density at radius 1 is 1.35 bits per heavy atom. The molecule has 110 valence electrons. The van der Waals surface area contributed by atoms with Gasteiger partial charge < -0.3 is 19.5 Å². The molecule has 1 rings (SSSR count). The lowest BCUT2D eigenvalue weighted by Gasteiger charge is -2.20. The Bertz CT molecular complexity index is 501. The van der Waals surface area contributed by atoms with Crippen molar-refractivity contribution in [3.63, 3.8) is 0 Å². The molecule has 0 heterocycles. The minimum absolute atomic E-state index is 0.0350. The van der Waals surface area contributed by atoms with Crippen LogP contribution in [0.2, 0.25) is 0 Å². The van der Waals surface area contributed by atoms with E-state index in [9.17, 15) is 19.2 Å². The van der Waals surface area contributed by atoms with Crippen molar-refractivity contribution in [3.8, 4) is 5.75 Å². The lowest BCUT2D eigenvalue weighted by molar-refractivity contribution is 0.0635. The van der Waals surface area contributed by atoms with E-state index in [2.05, 4.69) is 5.32 Å². The van der Waals surface area contributed by atoms with Crippen LogP contribution < -0.4 is 15.5 Å². The topological polar surface area (TPSA) is 88.0 Å². The van der Waals surface area contributed by atoms with Gasteiger partial charge in [0.05, 0.1) is 12.8 Å². The zero-order chi connectivity index (χ0) is 15.5. The highest BCUT2D eigenvalue weighted by Crippen LogP contribution is 2.20. The molecule has 0 radical (unpaired) electrons. The normalized spacial score (nSPS) is 10.9. The molecule has 3 N–H and O–H groups in total. The fourth-order valence-electron chi connectivity index (χ4n) is 1.46. The Kier molecular flexibility index (Phi) is 4.96. The fraction of sp³-hybridized carbons (Fsp3) is 0.417. The van der Waals surface area contributed by atoms with Gasteiger partial charge in [-0.25, -0.2) is 9.18 Å². The molecule has 20 heavy (non-hydrogen) atoms. The summed E-state index contributed by atoms with van der Waals surface area (Å²) in [6, 6.07) is 2.02. The number of carbonyl (C=O) groups excluding carboxylic acids is 1. The van der Waals surface area contributed by atoms with Gasteiger partial charge in [0.25, 0.3) is 0 Å². The van der Waals surface area contributed by atoms with E-state index in [1.807, 2.05) is 0 Å². The first-order valence-corrected chi connectivity index (χ1v) is 5.87. The standard InChI is InChI=1S/C12H17BFNO5/c1-12(2,3)20-11(16)15-9-5-7(13(17)18)10(19-4)6-8(9)14/h5-6,17-18H,1-4H3,(H,15,16). The van der Waals surface area contributed by atoms with Crippen LogP contribution in [0, 0.1) is 5.82 Å². The molecule has 0 unspecified atom stereocenters. The molecular weight excluding hydrogens is 268 g/mol. The van der Waals surface area contributed by atoms with E-state index in [-0.39, 0.29) is 16.9 Å². The number of hydrogen-bond acceptors (Lipinski definition) is 5. The van der Waals surface area contributed by atoms with Crippen LogP contribution in [-0.4, -0.2) is 36.0 Å². The van der Waals surface area contributed by atoms with E-state index in [1.165, 1.54) is 7.11 Å². The van der Waals surface area contributed by atoms with Gasteiger partial charge in [0.1, 0.15) is 17.2 Å². The first-order chi connectivity index (χ1) is 9.14.